The van der Waals surface area contributed by atoms with Gasteiger partial charge in [-0.25, -0.2) is 0 Å². The Morgan fingerprint density at radius 3 is 2.67 bits per heavy atom. The molecule has 0 atom stereocenters. The van der Waals surface area contributed by atoms with Crippen molar-refractivity contribution in [3.63, 3.8) is 0 Å². The number of anilines is 1. The lowest BCUT2D eigenvalue weighted by Crippen LogP contribution is -2.14. The topological polar surface area (TPSA) is 80.9 Å². The number of rotatable bonds is 4. The molecule has 1 amide bonds. The second-order valence-electron chi connectivity index (χ2n) is 3.33. The summed E-state index contributed by atoms with van der Waals surface area (Å²) < 4.78 is 0. The van der Waals surface area contributed by atoms with Crippen LogP contribution in [0.5, 0.6) is 0 Å². The van der Waals surface area contributed by atoms with E-state index in [1.165, 1.54) is 5.57 Å². The maximum absolute atomic E-state index is 10.7. The summed E-state index contributed by atoms with van der Waals surface area (Å²) >= 11 is 0. The number of allylic oxidation sites excluding steroid dienone is 1. The predicted molar refractivity (Wildman–Crippen MR) is 58.5 cm³/mol. The van der Waals surface area contributed by atoms with Crippen molar-refractivity contribution in [2.24, 2.45) is 5.73 Å². The molecule has 0 aliphatic heterocycles. The molecule has 3 N–H and O–H groups in total. The molecule has 15 heavy (non-hydrogen) atoms. The molecule has 1 aromatic heterocycles. The molecule has 1 rings (SSSR count). The fourth-order valence-electron chi connectivity index (χ4n) is 0.918. The first-order valence-corrected chi connectivity index (χ1v) is 4.60. The third-order valence-electron chi connectivity index (χ3n) is 1.71. The molecule has 0 aliphatic carbocycles. The number of nitrogens with one attached hydrogen (secondary N) is 1. The Morgan fingerprint density at radius 2 is 2.20 bits per heavy atom. The molecule has 80 valence electrons. The van der Waals surface area contributed by atoms with Crippen LogP contribution in [0.15, 0.2) is 23.8 Å². The SMILES string of the molecule is CC(C)=CCNc1ccc(C(N)=O)nn1. The third-order valence-corrected chi connectivity index (χ3v) is 1.71. The molecule has 0 bridgehead atoms. The Hall–Kier alpha value is -1.91. The largest absolute Gasteiger partial charge is 0.365 e. The number of primary amides is 1. The van der Waals surface area contributed by atoms with Gasteiger partial charge in [-0.3, -0.25) is 4.79 Å². The van der Waals surface area contributed by atoms with Crippen LogP contribution in [0.4, 0.5) is 5.82 Å². The fraction of sp³-hybridized carbons (Fsp3) is 0.300. The van der Waals surface area contributed by atoms with Crippen LogP contribution < -0.4 is 11.1 Å². The normalized spacial score (nSPS) is 9.47. The second kappa shape index (κ2) is 5.09. The maximum Gasteiger partial charge on any atom is 0.269 e. The van der Waals surface area contributed by atoms with Gasteiger partial charge in [-0.2, -0.15) is 0 Å². The summed E-state index contributed by atoms with van der Waals surface area (Å²) in [5, 5.41) is 10.5. The van der Waals surface area contributed by atoms with Crippen LogP contribution in [0.1, 0.15) is 24.3 Å². The summed E-state index contributed by atoms with van der Waals surface area (Å²) in [4.78, 5) is 10.7. The minimum Gasteiger partial charge on any atom is -0.365 e. The first-order valence-electron chi connectivity index (χ1n) is 4.60. The van der Waals surface area contributed by atoms with Gasteiger partial charge in [0.15, 0.2) is 5.69 Å². The average Bonchev–Trinajstić information content (AvgIpc) is 2.18. The molecule has 0 fully saturated rings. The molecule has 5 nitrogen and oxygen atoms in total. The van der Waals surface area contributed by atoms with Gasteiger partial charge in [0.25, 0.3) is 5.91 Å². The predicted octanol–water partition coefficient (Wildman–Crippen LogP) is 0.954. The highest BCUT2D eigenvalue weighted by Gasteiger charge is 2.01. The van der Waals surface area contributed by atoms with Crippen molar-refractivity contribution >= 4 is 11.7 Å². The molecule has 0 saturated heterocycles. The van der Waals surface area contributed by atoms with E-state index in [-0.39, 0.29) is 5.69 Å². The Bertz CT molecular complexity index is 366. The Kier molecular flexibility index (Phi) is 3.79. The molecular formula is C10H14N4O. The lowest BCUT2D eigenvalue weighted by molar-refractivity contribution is 0.0994. The van der Waals surface area contributed by atoms with Gasteiger partial charge in [0.2, 0.25) is 0 Å². The first-order chi connectivity index (χ1) is 7.09. The summed E-state index contributed by atoms with van der Waals surface area (Å²) in [6, 6.07) is 3.21. The van der Waals surface area contributed by atoms with Crippen LogP contribution in [-0.4, -0.2) is 22.6 Å². The quantitative estimate of drug-likeness (QED) is 0.719. The molecule has 0 saturated carbocycles. The van der Waals surface area contributed by atoms with E-state index in [9.17, 15) is 4.79 Å². The summed E-state index contributed by atoms with van der Waals surface area (Å²) in [7, 11) is 0. The highest BCUT2D eigenvalue weighted by molar-refractivity contribution is 5.90. The number of amides is 1. The van der Waals surface area contributed by atoms with Crippen LogP contribution in [0.25, 0.3) is 0 Å². The van der Waals surface area contributed by atoms with Crippen molar-refractivity contribution in [2.75, 3.05) is 11.9 Å². The van der Waals surface area contributed by atoms with Crippen molar-refractivity contribution in [3.05, 3.63) is 29.5 Å². The van der Waals surface area contributed by atoms with Crippen molar-refractivity contribution < 1.29 is 4.79 Å². The molecule has 0 unspecified atom stereocenters. The van der Waals surface area contributed by atoms with E-state index in [1.54, 1.807) is 12.1 Å². The molecule has 0 aliphatic rings. The average molecular weight is 206 g/mol. The van der Waals surface area contributed by atoms with Gasteiger partial charge >= 0.3 is 0 Å². The van der Waals surface area contributed by atoms with Crippen LogP contribution in [0, 0.1) is 0 Å². The zero-order chi connectivity index (χ0) is 11.3. The van der Waals surface area contributed by atoms with Crippen molar-refractivity contribution in [1.29, 1.82) is 0 Å². The van der Waals surface area contributed by atoms with Gasteiger partial charge in [0.05, 0.1) is 0 Å². The number of nitrogens with zero attached hydrogens (tertiary/aromatic N) is 2. The lowest BCUT2D eigenvalue weighted by Gasteiger charge is -2.01. The van der Waals surface area contributed by atoms with E-state index in [2.05, 4.69) is 15.5 Å². The molecule has 1 aromatic rings. The van der Waals surface area contributed by atoms with Gasteiger partial charge in [-0.15, -0.1) is 10.2 Å². The molecular weight excluding hydrogens is 192 g/mol. The first kappa shape index (κ1) is 11.2. The van der Waals surface area contributed by atoms with Crippen molar-refractivity contribution in [1.82, 2.24) is 10.2 Å². The number of nitrogens with two attached hydrogens (primary N) is 1. The van der Waals surface area contributed by atoms with Crippen LogP contribution in [0.3, 0.4) is 0 Å². The maximum atomic E-state index is 10.7. The van der Waals surface area contributed by atoms with Gasteiger partial charge in [0.1, 0.15) is 5.82 Å². The van der Waals surface area contributed by atoms with Crippen molar-refractivity contribution in [3.8, 4) is 0 Å². The Labute approximate surface area is 88.4 Å². The molecule has 0 aromatic carbocycles. The summed E-state index contributed by atoms with van der Waals surface area (Å²) in [5.41, 5.74) is 6.43. The number of hydrogen-bond donors (Lipinski definition) is 2. The highest BCUT2D eigenvalue weighted by Crippen LogP contribution is 2.01. The zero-order valence-corrected chi connectivity index (χ0v) is 8.82. The van der Waals surface area contributed by atoms with Gasteiger partial charge < -0.3 is 11.1 Å². The standard InChI is InChI=1S/C10H14N4O/c1-7(2)5-6-12-9-4-3-8(10(11)15)13-14-9/h3-5H,6H2,1-2H3,(H2,11,15)(H,12,14). The highest BCUT2D eigenvalue weighted by atomic mass is 16.1. The van der Waals surface area contributed by atoms with E-state index in [0.29, 0.717) is 12.4 Å². The van der Waals surface area contributed by atoms with Gasteiger partial charge in [-0.05, 0) is 26.0 Å². The van der Waals surface area contributed by atoms with E-state index < -0.39 is 5.91 Å². The van der Waals surface area contributed by atoms with Gasteiger partial charge in [-0.1, -0.05) is 11.6 Å². The Balaban J connectivity index is 2.57. The smallest absolute Gasteiger partial charge is 0.269 e. The molecule has 1 heterocycles. The van der Waals surface area contributed by atoms with E-state index in [4.69, 9.17) is 5.73 Å². The van der Waals surface area contributed by atoms with E-state index in [0.717, 1.165) is 0 Å². The van der Waals surface area contributed by atoms with Crippen LogP contribution >= 0.6 is 0 Å². The number of hydrogen-bond acceptors (Lipinski definition) is 4. The molecule has 5 heteroatoms. The lowest BCUT2D eigenvalue weighted by atomic mass is 10.3. The summed E-state index contributed by atoms with van der Waals surface area (Å²) in [6.45, 7) is 4.72. The van der Waals surface area contributed by atoms with E-state index in [1.807, 2.05) is 19.9 Å². The zero-order valence-electron chi connectivity index (χ0n) is 8.82. The minimum atomic E-state index is -0.571. The van der Waals surface area contributed by atoms with Crippen LogP contribution in [0.2, 0.25) is 0 Å². The monoisotopic (exact) mass is 206 g/mol. The molecule has 0 radical (unpaired) electrons. The summed E-state index contributed by atoms with van der Waals surface area (Å²) in [6.07, 6.45) is 2.03. The number of carbonyl (C=O) groups excluding carboxylic acids is 1. The van der Waals surface area contributed by atoms with Gasteiger partial charge in [0, 0.05) is 6.54 Å². The van der Waals surface area contributed by atoms with E-state index >= 15 is 0 Å². The summed E-state index contributed by atoms with van der Waals surface area (Å²) in [5.74, 6) is 0.0517. The molecule has 0 spiro atoms. The number of aromatic nitrogens is 2. The second-order valence-corrected chi connectivity index (χ2v) is 3.33. The minimum absolute atomic E-state index is 0.169. The van der Waals surface area contributed by atoms with Crippen LogP contribution in [-0.2, 0) is 0 Å². The third kappa shape index (κ3) is 3.76. The number of carbonyl (C=O) groups is 1. The Morgan fingerprint density at radius 1 is 1.47 bits per heavy atom. The van der Waals surface area contributed by atoms with Crippen molar-refractivity contribution in [2.45, 2.75) is 13.8 Å². The fourth-order valence-corrected chi connectivity index (χ4v) is 0.918.